The van der Waals surface area contributed by atoms with Crippen molar-refractivity contribution in [3.05, 3.63) is 17.8 Å². The number of aromatic amines is 1. The Balaban J connectivity index is 1.54. The minimum absolute atomic E-state index is 0.0895. The second kappa shape index (κ2) is 7.69. The average Bonchev–Trinajstić information content (AvgIpc) is 3.14. The number of ether oxygens (including phenoxy) is 1. The molecule has 0 spiro atoms. The van der Waals surface area contributed by atoms with Gasteiger partial charge in [0.25, 0.3) is 0 Å². The molecule has 0 radical (unpaired) electrons. The van der Waals surface area contributed by atoms with Gasteiger partial charge in [-0.2, -0.15) is 15.1 Å². The third-order valence-corrected chi connectivity index (χ3v) is 5.51. The number of fused-ring (bicyclic) bond motifs is 2. The standard InChI is InChI=1S/C18H27N7O2/c1-25(14-6-11-4-3-5-12(7-14)19-11)18-21-15(9-17(22-18)27-2)20-16-8-13(10-26)23-24-16/h8-9,11-12,14,19,26H,3-7,10H2,1-2H3,(H2,20,21,22,23,24)/t11-,12+,14?. The number of anilines is 3. The second-order valence-electron chi connectivity index (χ2n) is 7.38. The molecule has 2 aromatic heterocycles. The fraction of sp³-hybridized carbons (Fsp3) is 0.611. The number of H-pyrrole nitrogens is 1. The first kappa shape index (κ1) is 18.0. The fourth-order valence-electron chi connectivity index (χ4n) is 4.09. The quantitative estimate of drug-likeness (QED) is 0.604. The van der Waals surface area contributed by atoms with Gasteiger partial charge in [-0.05, 0) is 25.7 Å². The van der Waals surface area contributed by atoms with Crippen LogP contribution in [0.25, 0.3) is 0 Å². The molecule has 2 aliphatic heterocycles. The van der Waals surface area contributed by atoms with E-state index in [1.165, 1.54) is 19.3 Å². The van der Waals surface area contributed by atoms with Crippen LogP contribution in [-0.4, -0.2) is 57.6 Å². The van der Waals surface area contributed by atoms with E-state index in [1.807, 2.05) is 0 Å². The lowest BCUT2D eigenvalue weighted by Crippen LogP contribution is -2.54. The number of hydrogen-bond acceptors (Lipinski definition) is 8. The molecule has 2 fully saturated rings. The molecule has 4 heterocycles. The third-order valence-electron chi connectivity index (χ3n) is 5.51. The molecule has 2 aromatic rings. The van der Waals surface area contributed by atoms with Gasteiger partial charge in [-0.3, -0.25) is 5.10 Å². The zero-order chi connectivity index (χ0) is 18.8. The molecule has 2 aliphatic rings. The summed E-state index contributed by atoms with van der Waals surface area (Å²) >= 11 is 0. The Hall–Kier alpha value is -2.39. The van der Waals surface area contributed by atoms with Gasteiger partial charge in [0.1, 0.15) is 5.82 Å². The lowest BCUT2D eigenvalue weighted by molar-refractivity contribution is 0.218. The van der Waals surface area contributed by atoms with Crippen molar-refractivity contribution in [2.24, 2.45) is 0 Å². The summed E-state index contributed by atoms with van der Waals surface area (Å²) in [6.07, 6.45) is 6.03. The molecule has 2 saturated heterocycles. The summed E-state index contributed by atoms with van der Waals surface area (Å²) in [5.41, 5.74) is 0.636. The summed E-state index contributed by atoms with van der Waals surface area (Å²) < 4.78 is 5.37. The number of rotatable bonds is 6. The van der Waals surface area contributed by atoms with E-state index in [2.05, 4.69) is 42.7 Å². The number of piperidine rings is 2. The van der Waals surface area contributed by atoms with Crippen molar-refractivity contribution < 1.29 is 9.84 Å². The highest BCUT2D eigenvalue weighted by atomic mass is 16.5. The first-order chi connectivity index (χ1) is 13.1. The summed E-state index contributed by atoms with van der Waals surface area (Å²) in [6.45, 7) is -0.0895. The Morgan fingerprint density at radius 3 is 2.67 bits per heavy atom. The lowest BCUT2D eigenvalue weighted by Gasteiger charge is -2.43. The minimum atomic E-state index is -0.0895. The number of nitrogens with zero attached hydrogens (tertiary/aromatic N) is 4. The molecule has 3 atom stereocenters. The molecule has 27 heavy (non-hydrogen) atoms. The summed E-state index contributed by atoms with van der Waals surface area (Å²) in [4.78, 5) is 11.4. The third kappa shape index (κ3) is 3.98. The monoisotopic (exact) mass is 373 g/mol. The number of aliphatic hydroxyl groups excluding tert-OH is 1. The van der Waals surface area contributed by atoms with Crippen LogP contribution in [-0.2, 0) is 6.61 Å². The van der Waals surface area contributed by atoms with Gasteiger partial charge in [0.15, 0.2) is 5.82 Å². The number of nitrogens with one attached hydrogen (secondary N) is 3. The fourth-order valence-corrected chi connectivity index (χ4v) is 4.09. The summed E-state index contributed by atoms with van der Waals surface area (Å²) in [5, 5.41) is 22.9. The van der Waals surface area contributed by atoms with E-state index >= 15 is 0 Å². The van der Waals surface area contributed by atoms with Gasteiger partial charge in [-0.15, -0.1) is 0 Å². The lowest BCUT2D eigenvalue weighted by atomic mass is 9.83. The van der Waals surface area contributed by atoms with Crippen LogP contribution in [0.15, 0.2) is 12.1 Å². The molecule has 4 N–H and O–H groups in total. The van der Waals surface area contributed by atoms with E-state index in [1.54, 1.807) is 19.2 Å². The van der Waals surface area contributed by atoms with E-state index in [0.29, 0.717) is 47.3 Å². The first-order valence-electron chi connectivity index (χ1n) is 9.48. The molecule has 1 unspecified atom stereocenters. The van der Waals surface area contributed by atoms with Crippen molar-refractivity contribution in [2.75, 3.05) is 24.4 Å². The van der Waals surface area contributed by atoms with Crippen LogP contribution in [0, 0.1) is 0 Å². The topological polar surface area (TPSA) is 111 Å². The van der Waals surface area contributed by atoms with E-state index in [9.17, 15) is 5.11 Å². The maximum Gasteiger partial charge on any atom is 0.230 e. The highest BCUT2D eigenvalue weighted by Gasteiger charge is 2.34. The Morgan fingerprint density at radius 1 is 1.22 bits per heavy atom. The van der Waals surface area contributed by atoms with Crippen molar-refractivity contribution in [1.29, 1.82) is 0 Å². The molecule has 146 valence electrons. The molecule has 0 amide bonds. The average molecular weight is 373 g/mol. The molecule has 9 nitrogen and oxygen atoms in total. The summed E-state index contributed by atoms with van der Waals surface area (Å²) in [5.74, 6) is 2.33. The van der Waals surface area contributed by atoms with E-state index in [0.717, 1.165) is 12.8 Å². The van der Waals surface area contributed by atoms with Crippen LogP contribution in [0.1, 0.15) is 37.8 Å². The number of aromatic nitrogens is 4. The Labute approximate surface area is 158 Å². The van der Waals surface area contributed by atoms with Crippen LogP contribution < -0.4 is 20.3 Å². The van der Waals surface area contributed by atoms with Crippen molar-refractivity contribution in [3.8, 4) is 5.88 Å². The van der Waals surface area contributed by atoms with Gasteiger partial charge in [0.05, 0.1) is 19.4 Å². The van der Waals surface area contributed by atoms with Crippen LogP contribution in [0.3, 0.4) is 0 Å². The highest BCUT2D eigenvalue weighted by Crippen LogP contribution is 2.30. The van der Waals surface area contributed by atoms with Gasteiger partial charge in [-0.1, -0.05) is 6.42 Å². The van der Waals surface area contributed by atoms with Gasteiger partial charge in [-0.25, -0.2) is 0 Å². The second-order valence-corrected chi connectivity index (χ2v) is 7.38. The first-order valence-corrected chi connectivity index (χ1v) is 9.48. The predicted octanol–water partition coefficient (Wildman–Crippen LogP) is 1.55. The van der Waals surface area contributed by atoms with Crippen molar-refractivity contribution in [3.63, 3.8) is 0 Å². The van der Waals surface area contributed by atoms with Gasteiger partial charge >= 0.3 is 0 Å². The number of methoxy groups -OCH3 is 1. The Morgan fingerprint density at radius 2 is 2.00 bits per heavy atom. The SMILES string of the molecule is COc1cc(Nc2cc(CO)[nH]n2)nc(N(C)C2C[C@H]3CCC[C@@H](C2)N3)n1. The molecule has 4 rings (SSSR count). The van der Waals surface area contributed by atoms with Crippen LogP contribution >= 0.6 is 0 Å². The maximum absolute atomic E-state index is 9.17. The van der Waals surface area contributed by atoms with Crippen molar-refractivity contribution in [1.82, 2.24) is 25.5 Å². The molecular formula is C18H27N7O2. The minimum Gasteiger partial charge on any atom is -0.481 e. The highest BCUT2D eigenvalue weighted by molar-refractivity contribution is 5.55. The summed E-state index contributed by atoms with van der Waals surface area (Å²) in [6, 6.07) is 5.07. The number of hydrogen-bond donors (Lipinski definition) is 4. The zero-order valence-corrected chi connectivity index (χ0v) is 15.8. The van der Waals surface area contributed by atoms with Crippen LogP contribution in [0.5, 0.6) is 5.88 Å². The molecule has 9 heteroatoms. The normalized spacial score (nSPS) is 24.5. The molecule has 0 aliphatic carbocycles. The van der Waals surface area contributed by atoms with E-state index < -0.39 is 0 Å². The molecular weight excluding hydrogens is 346 g/mol. The Bertz CT molecular complexity index is 769. The zero-order valence-electron chi connectivity index (χ0n) is 15.8. The molecule has 0 saturated carbocycles. The summed E-state index contributed by atoms with van der Waals surface area (Å²) in [7, 11) is 3.66. The largest absolute Gasteiger partial charge is 0.481 e. The van der Waals surface area contributed by atoms with E-state index in [-0.39, 0.29) is 6.61 Å². The maximum atomic E-state index is 9.17. The van der Waals surface area contributed by atoms with Gasteiger partial charge in [0, 0.05) is 37.3 Å². The van der Waals surface area contributed by atoms with E-state index in [4.69, 9.17) is 4.74 Å². The smallest absolute Gasteiger partial charge is 0.230 e. The van der Waals surface area contributed by atoms with Crippen LogP contribution in [0.4, 0.5) is 17.6 Å². The Kier molecular flexibility index (Phi) is 5.13. The van der Waals surface area contributed by atoms with Crippen molar-refractivity contribution >= 4 is 17.6 Å². The van der Waals surface area contributed by atoms with Crippen molar-refractivity contribution in [2.45, 2.75) is 56.8 Å². The molecule has 2 bridgehead atoms. The van der Waals surface area contributed by atoms with Gasteiger partial charge in [0.2, 0.25) is 11.8 Å². The molecule has 0 aromatic carbocycles. The van der Waals surface area contributed by atoms with Crippen LogP contribution in [0.2, 0.25) is 0 Å². The number of aliphatic hydroxyl groups is 1. The predicted molar refractivity (Wildman–Crippen MR) is 102 cm³/mol. The van der Waals surface area contributed by atoms with Gasteiger partial charge < -0.3 is 25.4 Å².